The van der Waals surface area contributed by atoms with Crippen molar-refractivity contribution in [2.45, 2.75) is 32.2 Å². The molecule has 2 rings (SSSR count). The summed E-state index contributed by atoms with van der Waals surface area (Å²) in [4.78, 5) is 18.7. The van der Waals surface area contributed by atoms with Crippen molar-refractivity contribution in [3.8, 4) is 6.07 Å². The number of amides is 1. The van der Waals surface area contributed by atoms with Crippen LogP contribution >= 0.6 is 0 Å². The lowest BCUT2D eigenvalue weighted by atomic mass is 10.0. The molecule has 1 aromatic heterocycles. The van der Waals surface area contributed by atoms with E-state index in [9.17, 15) is 4.79 Å². The Labute approximate surface area is 119 Å². The smallest absolute Gasteiger partial charge is 0.272 e. The predicted molar refractivity (Wildman–Crippen MR) is 76.2 cm³/mol. The third-order valence-corrected chi connectivity index (χ3v) is 3.59. The fourth-order valence-corrected chi connectivity index (χ4v) is 2.54. The lowest BCUT2D eigenvalue weighted by molar-refractivity contribution is 0.0636. The van der Waals surface area contributed by atoms with E-state index in [0.29, 0.717) is 17.3 Å². The van der Waals surface area contributed by atoms with Crippen LogP contribution in [-0.2, 0) is 0 Å². The maximum absolute atomic E-state index is 12.6. The van der Waals surface area contributed by atoms with Crippen LogP contribution in [0.15, 0.2) is 18.3 Å². The van der Waals surface area contributed by atoms with Crippen molar-refractivity contribution in [1.82, 2.24) is 15.2 Å². The van der Waals surface area contributed by atoms with E-state index < -0.39 is 0 Å². The minimum absolute atomic E-state index is 0.0248. The van der Waals surface area contributed by atoms with Crippen LogP contribution in [0, 0.1) is 11.3 Å². The standard InChI is InChI=1S/C15H20N4O/c1-2-9-19(13-5-7-17-8-6-13)15(20)14-4-3-12(10-16)11-18-14/h3-4,11,13,17H,2,5-9H2,1H3. The van der Waals surface area contributed by atoms with Gasteiger partial charge in [0.05, 0.1) is 5.56 Å². The van der Waals surface area contributed by atoms with E-state index in [2.05, 4.69) is 17.2 Å². The Kier molecular flexibility index (Phi) is 5.08. The summed E-state index contributed by atoms with van der Waals surface area (Å²) >= 11 is 0. The first kappa shape index (κ1) is 14.5. The van der Waals surface area contributed by atoms with Crippen molar-refractivity contribution in [3.05, 3.63) is 29.6 Å². The highest BCUT2D eigenvalue weighted by Crippen LogP contribution is 2.15. The Bertz CT molecular complexity index is 486. The summed E-state index contributed by atoms with van der Waals surface area (Å²) in [6.45, 7) is 4.75. The molecule has 0 unspecified atom stereocenters. The molecule has 106 valence electrons. The highest BCUT2D eigenvalue weighted by molar-refractivity contribution is 5.92. The molecule has 1 aliphatic rings. The molecule has 0 bridgehead atoms. The monoisotopic (exact) mass is 272 g/mol. The quantitative estimate of drug-likeness (QED) is 0.903. The van der Waals surface area contributed by atoms with Gasteiger partial charge in [-0.05, 0) is 44.5 Å². The van der Waals surface area contributed by atoms with Crippen LogP contribution in [0.2, 0.25) is 0 Å². The molecule has 2 heterocycles. The first-order chi connectivity index (χ1) is 9.76. The zero-order chi connectivity index (χ0) is 14.4. The zero-order valence-electron chi connectivity index (χ0n) is 11.8. The van der Waals surface area contributed by atoms with Crippen LogP contribution in [-0.4, -0.2) is 41.5 Å². The second kappa shape index (κ2) is 7.01. The Morgan fingerprint density at radius 1 is 1.50 bits per heavy atom. The van der Waals surface area contributed by atoms with Gasteiger partial charge in [-0.2, -0.15) is 5.26 Å². The average Bonchev–Trinajstić information content (AvgIpc) is 2.53. The number of hydrogen-bond donors (Lipinski definition) is 1. The largest absolute Gasteiger partial charge is 0.334 e. The fraction of sp³-hybridized carbons (Fsp3) is 0.533. The molecule has 1 aromatic rings. The summed E-state index contributed by atoms with van der Waals surface area (Å²) < 4.78 is 0. The third kappa shape index (κ3) is 3.34. The van der Waals surface area contributed by atoms with Gasteiger partial charge in [0.15, 0.2) is 0 Å². The van der Waals surface area contributed by atoms with Crippen molar-refractivity contribution in [1.29, 1.82) is 5.26 Å². The van der Waals surface area contributed by atoms with Crippen LogP contribution in [0.1, 0.15) is 42.2 Å². The predicted octanol–water partition coefficient (Wildman–Crippen LogP) is 1.56. The summed E-state index contributed by atoms with van der Waals surface area (Å²) in [5.74, 6) is -0.0248. The minimum atomic E-state index is -0.0248. The van der Waals surface area contributed by atoms with Gasteiger partial charge in [0.25, 0.3) is 5.91 Å². The molecule has 1 fully saturated rings. The van der Waals surface area contributed by atoms with Crippen molar-refractivity contribution < 1.29 is 4.79 Å². The highest BCUT2D eigenvalue weighted by Gasteiger charge is 2.26. The van der Waals surface area contributed by atoms with E-state index in [1.54, 1.807) is 12.1 Å². The summed E-state index contributed by atoms with van der Waals surface area (Å²) in [6, 6.07) is 5.60. The number of aromatic nitrogens is 1. The molecule has 5 heteroatoms. The van der Waals surface area contributed by atoms with E-state index in [1.807, 2.05) is 11.0 Å². The molecule has 1 amide bonds. The molecule has 0 spiro atoms. The average molecular weight is 272 g/mol. The van der Waals surface area contributed by atoms with E-state index in [1.165, 1.54) is 6.20 Å². The van der Waals surface area contributed by atoms with E-state index in [-0.39, 0.29) is 5.91 Å². The maximum Gasteiger partial charge on any atom is 0.272 e. The number of pyridine rings is 1. The minimum Gasteiger partial charge on any atom is -0.334 e. The molecule has 1 N–H and O–H groups in total. The molecule has 0 atom stereocenters. The van der Waals surface area contributed by atoms with Crippen molar-refractivity contribution >= 4 is 5.91 Å². The first-order valence-electron chi connectivity index (χ1n) is 7.14. The van der Waals surface area contributed by atoms with Crippen LogP contribution in [0.5, 0.6) is 0 Å². The number of nitrogens with zero attached hydrogens (tertiary/aromatic N) is 3. The summed E-state index contributed by atoms with van der Waals surface area (Å²) in [7, 11) is 0. The second-order valence-corrected chi connectivity index (χ2v) is 5.02. The van der Waals surface area contributed by atoms with Crippen LogP contribution in [0.3, 0.4) is 0 Å². The molecule has 0 radical (unpaired) electrons. The molecule has 0 saturated carbocycles. The van der Waals surface area contributed by atoms with E-state index >= 15 is 0 Å². The number of nitrogens with one attached hydrogen (secondary N) is 1. The molecule has 0 aromatic carbocycles. The fourth-order valence-electron chi connectivity index (χ4n) is 2.54. The topological polar surface area (TPSA) is 69.0 Å². The lowest BCUT2D eigenvalue weighted by Gasteiger charge is -2.34. The molecule has 5 nitrogen and oxygen atoms in total. The number of nitriles is 1. The summed E-state index contributed by atoms with van der Waals surface area (Å²) in [6.07, 6.45) is 4.37. The van der Waals surface area contributed by atoms with E-state index in [4.69, 9.17) is 5.26 Å². The number of carbonyl (C=O) groups excluding carboxylic acids is 1. The Morgan fingerprint density at radius 3 is 2.80 bits per heavy atom. The number of hydrogen-bond acceptors (Lipinski definition) is 4. The Morgan fingerprint density at radius 2 is 2.25 bits per heavy atom. The van der Waals surface area contributed by atoms with Crippen LogP contribution in [0.4, 0.5) is 0 Å². The van der Waals surface area contributed by atoms with Crippen molar-refractivity contribution in [2.75, 3.05) is 19.6 Å². The van der Waals surface area contributed by atoms with Gasteiger partial charge in [-0.1, -0.05) is 6.92 Å². The maximum atomic E-state index is 12.6. The third-order valence-electron chi connectivity index (χ3n) is 3.59. The van der Waals surface area contributed by atoms with E-state index in [0.717, 1.165) is 38.9 Å². The van der Waals surface area contributed by atoms with Gasteiger partial charge >= 0.3 is 0 Å². The second-order valence-electron chi connectivity index (χ2n) is 5.02. The number of piperidine rings is 1. The summed E-state index contributed by atoms with van der Waals surface area (Å²) in [5.41, 5.74) is 0.904. The highest BCUT2D eigenvalue weighted by atomic mass is 16.2. The van der Waals surface area contributed by atoms with Crippen LogP contribution < -0.4 is 5.32 Å². The van der Waals surface area contributed by atoms with Gasteiger partial charge in [0.2, 0.25) is 0 Å². The van der Waals surface area contributed by atoms with Gasteiger partial charge in [0, 0.05) is 18.8 Å². The Balaban J connectivity index is 2.14. The number of carbonyl (C=O) groups is 1. The molecular formula is C15H20N4O. The molecule has 1 saturated heterocycles. The van der Waals surface area contributed by atoms with Crippen LogP contribution in [0.25, 0.3) is 0 Å². The first-order valence-corrected chi connectivity index (χ1v) is 7.14. The van der Waals surface area contributed by atoms with Gasteiger partial charge in [-0.15, -0.1) is 0 Å². The summed E-state index contributed by atoms with van der Waals surface area (Å²) in [5, 5.41) is 12.1. The normalized spacial score (nSPS) is 15.6. The van der Waals surface area contributed by atoms with Gasteiger partial charge < -0.3 is 10.2 Å². The molecule has 1 aliphatic heterocycles. The Hall–Kier alpha value is -1.93. The zero-order valence-corrected chi connectivity index (χ0v) is 11.8. The lowest BCUT2D eigenvalue weighted by Crippen LogP contribution is -2.46. The van der Waals surface area contributed by atoms with Crippen molar-refractivity contribution in [3.63, 3.8) is 0 Å². The molecule has 20 heavy (non-hydrogen) atoms. The van der Waals surface area contributed by atoms with Crippen molar-refractivity contribution in [2.24, 2.45) is 0 Å². The molecule has 0 aliphatic carbocycles. The number of rotatable bonds is 4. The SMILES string of the molecule is CCCN(C(=O)c1ccc(C#N)cn1)C1CCNCC1. The van der Waals surface area contributed by atoms with Gasteiger partial charge in [-0.25, -0.2) is 4.98 Å². The van der Waals surface area contributed by atoms with Gasteiger partial charge in [0.1, 0.15) is 11.8 Å². The van der Waals surface area contributed by atoms with Gasteiger partial charge in [-0.3, -0.25) is 4.79 Å². The molecular weight excluding hydrogens is 252 g/mol.